The molecule has 138 valence electrons. The zero-order valence-electron chi connectivity index (χ0n) is 15.0. The minimum atomic E-state index is -3.63. The molecule has 1 fully saturated rings. The monoisotopic (exact) mass is 373 g/mol. The Hall–Kier alpha value is -2.54. The summed E-state index contributed by atoms with van der Waals surface area (Å²) in [6.07, 6.45) is 1.77. The zero-order chi connectivity index (χ0) is 18.7. The minimum absolute atomic E-state index is 0.0411. The van der Waals surface area contributed by atoms with Gasteiger partial charge in [-0.05, 0) is 54.8 Å². The van der Waals surface area contributed by atoms with Crippen LogP contribution in [0.4, 0.5) is 16.2 Å². The van der Waals surface area contributed by atoms with Crippen molar-refractivity contribution in [3.63, 3.8) is 0 Å². The first-order valence-corrected chi connectivity index (χ1v) is 10.1. The van der Waals surface area contributed by atoms with Crippen molar-refractivity contribution in [2.24, 2.45) is 0 Å². The number of rotatable bonds is 5. The molecule has 0 bridgehead atoms. The van der Waals surface area contributed by atoms with Crippen molar-refractivity contribution in [3.8, 4) is 0 Å². The smallest absolute Gasteiger partial charge is 0.324 e. The fourth-order valence-corrected chi connectivity index (χ4v) is 3.99. The van der Waals surface area contributed by atoms with Gasteiger partial charge in [0, 0.05) is 31.5 Å². The molecule has 6 nitrogen and oxygen atoms in total. The number of hydrogen-bond donors (Lipinski definition) is 1. The molecule has 7 heteroatoms. The van der Waals surface area contributed by atoms with E-state index in [4.69, 9.17) is 0 Å². The molecule has 1 saturated heterocycles. The van der Waals surface area contributed by atoms with Gasteiger partial charge < -0.3 is 4.90 Å². The van der Waals surface area contributed by atoms with E-state index in [1.807, 2.05) is 19.1 Å². The van der Waals surface area contributed by atoms with Crippen LogP contribution in [0.25, 0.3) is 0 Å². The Balaban J connectivity index is 1.75. The number of nitrogens with zero attached hydrogens (tertiary/aromatic N) is 2. The lowest BCUT2D eigenvalue weighted by molar-refractivity contribution is 0.207. The number of amides is 2. The maximum absolute atomic E-state index is 12.5. The minimum Gasteiger partial charge on any atom is -0.327 e. The molecule has 0 aromatic heterocycles. The summed E-state index contributed by atoms with van der Waals surface area (Å²) in [7, 11) is -1.86. The normalized spacial score (nSPS) is 15.2. The summed E-state index contributed by atoms with van der Waals surface area (Å²) in [4.78, 5) is 15.8. The standard InChI is InChI=1S/C19H23N3O3S/c1-3-15-5-11-18(12-6-15)26(24,25)20-16-7-9-17(10-8-16)22-14-4-13-21(2)19(22)23/h5-12,20H,3-4,13-14H2,1-2H3. The number of sulfonamides is 1. The van der Waals surface area contributed by atoms with Crippen LogP contribution in [-0.4, -0.2) is 39.5 Å². The Bertz CT molecular complexity index is 877. The lowest BCUT2D eigenvalue weighted by Gasteiger charge is -2.33. The highest BCUT2D eigenvalue weighted by molar-refractivity contribution is 7.92. The summed E-state index contributed by atoms with van der Waals surface area (Å²) in [5.74, 6) is 0. The van der Waals surface area contributed by atoms with Gasteiger partial charge in [0.05, 0.1) is 4.90 Å². The lowest BCUT2D eigenvalue weighted by atomic mass is 10.2. The van der Waals surface area contributed by atoms with E-state index in [0.717, 1.165) is 30.6 Å². The summed E-state index contributed by atoms with van der Waals surface area (Å²) >= 11 is 0. The highest BCUT2D eigenvalue weighted by Crippen LogP contribution is 2.23. The van der Waals surface area contributed by atoms with Crippen molar-refractivity contribution >= 4 is 27.4 Å². The van der Waals surface area contributed by atoms with Gasteiger partial charge in [-0.15, -0.1) is 0 Å². The SMILES string of the molecule is CCc1ccc(S(=O)(=O)Nc2ccc(N3CCCN(C)C3=O)cc2)cc1. The van der Waals surface area contributed by atoms with Crippen LogP contribution in [0.5, 0.6) is 0 Å². The van der Waals surface area contributed by atoms with Gasteiger partial charge >= 0.3 is 6.03 Å². The molecule has 1 heterocycles. The van der Waals surface area contributed by atoms with Crippen LogP contribution < -0.4 is 9.62 Å². The average Bonchev–Trinajstić information content (AvgIpc) is 2.64. The molecule has 0 radical (unpaired) electrons. The van der Waals surface area contributed by atoms with E-state index in [1.165, 1.54) is 0 Å². The Labute approximate surface area is 154 Å². The van der Waals surface area contributed by atoms with Crippen LogP contribution in [0, 0.1) is 0 Å². The Morgan fingerprint density at radius 1 is 1.00 bits per heavy atom. The molecule has 1 aliphatic heterocycles. The molecule has 0 atom stereocenters. The molecular weight excluding hydrogens is 350 g/mol. The maximum atomic E-state index is 12.5. The van der Waals surface area contributed by atoms with Gasteiger partial charge in [0.25, 0.3) is 10.0 Å². The van der Waals surface area contributed by atoms with Crippen molar-refractivity contribution in [2.75, 3.05) is 29.8 Å². The summed E-state index contributed by atoms with van der Waals surface area (Å²) in [6.45, 7) is 3.44. The van der Waals surface area contributed by atoms with E-state index in [2.05, 4.69) is 4.72 Å². The molecule has 1 N–H and O–H groups in total. The summed E-state index contributed by atoms with van der Waals surface area (Å²) in [5, 5.41) is 0. The number of nitrogens with one attached hydrogen (secondary N) is 1. The number of carbonyl (C=O) groups excluding carboxylic acids is 1. The Morgan fingerprint density at radius 3 is 2.27 bits per heavy atom. The number of urea groups is 1. The van der Waals surface area contributed by atoms with E-state index in [9.17, 15) is 13.2 Å². The summed E-state index contributed by atoms with van der Waals surface area (Å²) in [6, 6.07) is 13.7. The molecule has 0 saturated carbocycles. The lowest BCUT2D eigenvalue weighted by Crippen LogP contribution is -2.47. The van der Waals surface area contributed by atoms with E-state index < -0.39 is 10.0 Å². The number of aryl methyl sites for hydroxylation is 1. The molecule has 2 amide bonds. The highest BCUT2D eigenvalue weighted by atomic mass is 32.2. The summed E-state index contributed by atoms with van der Waals surface area (Å²) < 4.78 is 27.6. The van der Waals surface area contributed by atoms with Crippen LogP contribution in [0.1, 0.15) is 18.9 Å². The van der Waals surface area contributed by atoms with Crippen molar-refractivity contribution < 1.29 is 13.2 Å². The number of anilines is 2. The van der Waals surface area contributed by atoms with Gasteiger partial charge in [0.2, 0.25) is 0 Å². The molecule has 2 aromatic carbocycles. The van der Waals surface area contributed by atoms with Gasteiger partial charge in [-0.25, -0.2) is 13.2 Å². The molecule has 3 rings (SSSR count). The third-order valence-corrected chi connectivity index (χ3v) is 5.90. The number of benzene rings is 2. The fourth-order valence-electron chi connectivity index (χ4n) is 2.93. The van der Waals surface area contributed by atoms with E-state index >= 15 is 0 Å². The Morgan fingerprint density at radius 2 is 1.65 bits per heavy atom. The first-order chi connectivity index (χ1) is 12.4. The highest BCUT2D eigenvalue weighted by Gasteiger charge is 2.24. The van der Waals surface area contributed by atoms with Crippen LogP contribution in [0.2, 0.25) is 0 Å². The predicted molar refractivity (Wildman–Crippen MR) is 103 cm³/mol. The summed E-state index contributed by atoms with van der Waals surface area (Å²) in [5.41, 5.74) is 2.31. The van der Waals surface area contributed by atoms with Crippen LogP contribution in [0.3, 0.4) is 0 Å². The molecule has 2 aromatic rings. The first kappa shape index (κ1) is 18.3. The van der Waals surface area contributed by atoms with Crippen LogP contribution >= 0.6 is 0 Å². The van der Waals surface area contributed by atoms with E-state index in [1.54, 1.807) is 53.2 Å². The zero-order valence-corrected chi connectivity index (χ0v) is 15.8. The van der Waals surface area contributed by atoms with Crippen molar-refractivity contribution in [1.82, 2.24) is 4.90 Å². The molecule has 26 heavy (non-hydrogen) atoms. The predicted octanol–water partition coefficient (Wildman–Crippen LogP) is 3.31. The van der Waals surface area contributed by atoms with Gasteiger partial charge in [-0.3, -0.25) is 9.62 Å². The molecule has 0 aliphatic carbocycles. The fraction of sp³-hybridized carbons (Fsp3) is 0.316. The van der Waals surface area contributed by atoms with Gasteiger partial charge in [-0.2, -0.15) is 0 Å². The second-order valence-corrected chi connectivity index (χ2v) is 8.04. The van der Waals surface area contributed by atoms with Gasteiger partial charge in [0.1, 0.15) is 0 Å². The van der Waals surface area contributed by atoms with Crippen LogP contribution in [0.15, 0.2) is 53.4 Å². The first-order valence-electron chi connectivity index (χ1n) is 8.65. The van der Waals surface area contributed by atoms with E-state index in [-0.39, 0.29) is 10.9 Å². The molecule has 1 aliphatic rings. The average molecular weight is 373 g/mol. The second kappa shape index (κ2) is 7.37. The van der Waals surface area contributed by atoms with Gasteiger partial charge in [-0.1, -0.05) is 19.1 Å². The van der Waals surface area contributed by atoms with Crippen molar-refractivity contribution in [1.29, 1.82) is 0 Å². The topological polar surface area (TPSA) is 69.7 Å². The van der Waals surface area contributed by atoms with Crippen LogP contribution in [-0.2, 0) is 16.4 Å². The van der Waals surface area contributed by atoms with Crippen molar-refractivity contribution in [3.05, 3.63) is 54.1 Å². The largest absolute Gasteiger partial charge is 0.327 e. The third kappa shape index (κ3) is 3.83. The van der Waals surface area contributed by atoms with Crippen molar-refractivity contribution in [2.45, 2.75) is 24.7 Å². The number of hydrogen-bond acceptors (Lipinski definition) is 3. The molecule has 0 unspecified atom stereocenters. The Kier molecular flexibility index (Phi) is 5.18. The quantitative estimate of drug-likeness (QED) is 0.874. The molecule has 0 spiro atoms. The van der Waals surface area contributed by atoms with Gasteiger partial charge in [0.15, 0.2) is 0 Å². The third-order valence-electron chi connectivity index (χ3n) is 4.51. The maximum Gasteiger partial charge on any atom is 0.324 e. The second-order valence-electron chi connectivity index (χ2n) is 6.36. The van der Waals surface area contributed by atoms with E-state index in [0.29, 0.717) is 12.2 Å². The molecular formula is C19H23N3O3S. The number of carbonyl (C=O) groups is 1.